The van der Waals surface area contributed by atoms with Crippen molar-refractivity contribution in [2.24, 2.45) is 17.3 Å². The van der Waals surface area contributed by atoms with E-state index in [4.69, 9.17) is 0 Å². The molecule has 0 aromatic heterocycles. The maximum atomic E-state index is 12.6. The number of nitro groups is 1. The van der Waals surface area contributed by atoms with Gasteiger partial charge in [0.1, 0.15) is 0 Å². The first kappa shape index (κ1) is 22.8. The maximum absolute atomic E-state index is 12.6. The molecule has 176 valence electrons. The fourth-order valence-corrected chi connectivity index (χ4v) is 7.67. The van der Waals surface area contributed by atoms with Crippen molar-refractivity contribution in [2.75, 3.05) is 0 Å². The minimum absolute atomic E-state index is 0.0234. The van der Waals surface area contributed by atoms with Crippen LogP contribution < -0.4 is 0 Å². The average Bonchev–Trinajstić information content (AvgIpc) is 3.11. The van der Waals surface area contributed by atoms with Crippen molar-refractivity contribution in [3.63, 3.8) is 0 Å². The third-order valence-electron chi connectivity index (χ3n) is 9.25. The van der Waals surface area contributed by atoms with E-state index in [9.17, 15) is 19.7 Å². The molecule has 0 bridgehead atoms. The highest BCUT2D eigenvalue weighted by atomic mass is 16.6. The second-order valence-corrected chi connectivity index (χ2v) is 10.7. The number of hydrogen-bond donors (Lipinski definition) is 0. The van der Waals surface area contributed by atoms with Crippen molar-refractivity contribution in [1.29, 1.82) is 0 Å². The van der Waals surface area contributed by atoms with E-state index in [0.717, 1.165) is 31.2 Å². The monoisotopic (exact) mass is 457 g/mol. The Bertz CT molecular complexity index is 1210. The summed E-state index contributed by atoms with van der Waals surface area (Å²) in [7, 11) is 0. The molecule has 0 amide bonds. The number of fused-ring (bicyclic) bond motifs is 4. The summed E-state index contributed by atoms with van der Waals surface area (Å²) in [4.78, 5) is 36.5. The molecule has 2 saturated carbocycles. The summed E-state index contributed by atoms with van der Waals surface area (Å²) in [5.74, 6) is 6.70. The first-order valence-corrected chi connectivity index (χ1v) is 12.4. The van der Waals surface area contributed by atoms with Gasteiger partial charge in [-0.1, -0.05) is 42.7 Å². The Morgan fingerprint density at radius 3 is 2.53 bits per heavy atom. The third-order valence-corrected chi connectivity index (χ3v) is 9.25. The van der Waals surface area contributed by atoms with Gasteiger partial charge in [-0.2, -0.15) is 0 Å². The summed E-state index contributed by atoms with van der Waals surface area (Å²) in [6.07, 6.45) is 6.87. The van der Waals surface area contributed by atoms with Crippen molar-refractivity contribution >= 4 is 11.6 Å². The SMILES string of the molecule is CC#CC1([N+](=O)[O-])CCC2C3CCC4=CC(=O)CCC4=C3[C@@H](c3ccc(C(C)=O)cc3)C[C@@]21C. The van der Waals surface area contributed by atoms with Crippen LogP contribution in [0.1, 0.15) is 87.6 Å². The standard InChI is InChI=1S/C29H31NO4/c1-4-14-29(30(33)34)15-13-26-24-11-9-21-16-22(32)10-12-23(21)27(24)25(17-28(26,29)3)20-7-5-19(6-8-20)18(2)31/h5-8,16,24-26H,9-13,15,17H2,1-3H3/t24?,25-,26?,28+,29?/m1/s1. The molecule has 4 aliphatic rings. The van der Waals surface area contributed by atoms with Crippen LogP contribution in [-0.2, 0) is 4.79 Å². The highest BCUT2D eigenvalue weighted by Gasteiger charge is 2.69. The van der Waals surface area contributed by atoms with Crippen LogP contribution in [0.3, 0.4) is 0 Å². The van der Waals surface area contributed by atoms with Crippen molar-refractivity contribution in [2.45, 2.75) is 77.2 Å². The molecular formula is C29H31NO4. The van der Waals surface area contributed by atoms with Gasteiger partial charge in [-0.3, -0.25) is 19.7 Å². The summed E-state index contributed by atoms with van der Waals surface area (Å²) in [5.41, 5.74) is 3.86. The zero-order valence-electron chi connectivity index (χ0n) is 20.1. The highest BCUT2D eigenvalue weighted by Crippen LogP contribution is 2.67. The lowest BCUT2D eigenvalue weighted by atomic mass is 9.50. The molecule has 4 aliphatic carbocycles. The molecule has 0 radical (unpaired) electrons. The Morgan fingerprint density at radius 1 is 1.15 bits per heavy atom. The molecule has 5 nitrogen and oxygen atoms in total. The van der Waals surface area contributed by atoms with Gasteiger partial charge >= 0.3 is 0 Å². The Kier molecular flexibility index (Phi) is 5.39. The van der Waals surface area contributed by atoms with Crippen molar-refractivity contribution in [1.82, 2.24) is 0 Å². The number of benzene rings is 1. The molecular weight excluding hydrogens is 426 g/mol. The second kappa shape index (κ2) is 8.05. The number of ketones is 2. The van der Waals surface area contributed by atoms with E-state index in [1.807, 2.05) is 30.3 Å². The molecule has 34 heavy (non-hydrogen) atoms. The van der Waals surface area contributed by atoms with Crippen molar-refractivity contribution in [3.05, 3.63) is 68.3 Å². The minimum Gasteiger partial charge on any atom is -0.295 e. The van der Waals surface area contributed by atoms with Gasteiger partial charge in [0.15, 0.2) is 11.6 Å². The zero-order valence-corrected chi connectivity index (χ0v) is 20.1. The minimum atomic E-state index is -1.24. The van der Waals surface area contributed by atoms with Crippen LogP contribution in [0.2, 0.25) is 0 Å². The quantitative estimate of drug-likeness (QED) is 0.248. The third kappa shape index (κ3) is 3.15. The lowest BCUT2D eigenvalue weighted by molar-refractivity contribution is -0.571. The largest absolute Gasteiger partial charge is 0.295 e. The molecule has 5 atom stereocenters. The predicted octanol–water partition coefficient (Wildman–Crippen LogP) is 5.83. The van der Waals surface area contributed by atoms with E-state index in [-0.39, 0.29) is 34.2 Å². The van der Waals surface area contributed by atoms with Gasteiger partial charge in [0, 0.05) is 29.2 Å². The van der Waals surface area contributed by atoms with E-state index in [1.54, 1.807) is 13.8 Å². The molecule has 5 heteroatoms. The maximum Gasteiger partial charge on any atom is 0.286 e. The van der Waals surface area contributed by atoms with Gasteiger partial charge in [0.05, 0.1) is 5.41 Å². The Balaban J connectivity index is 1.70. The normalized spacial score (nSPS) is 34.3. The van der Waals surface area contributed by atoms with Crippen LogP contribution in [0.25, 0.3) is 0 Å². The Morgan fingerprint density at radius 2 is 1.88 bits per heavy atom. The first-order chi connectivity index (χ1) is 16.2. The van der Waals surface area contributed by atoms with E-state index in [1.165, 1.54) is 16.7 Å². The van der Waals surface area contributed by atoms with E-state index < -0.39 is 11.0 Å². The molecule has 0 N–H and O–H groups in total. The molecule has 0 heterocycles. The molecule has 0 spiro atoms. The fourth-order valence-electron chi connectivity index (χ4n) is 7.67. The molecule has 1 aromatic carbocycles. The molecule has 0 aliphatic heterocycles. The van der Waals surface area contributed by atoms with Gasteiger partial charge in [-0.05, 0) is 86.5 Å². The van der Waals surface area contributed by atoms with Crippen LogP contribution in [0, 0.1) is 39.2 Å². The molecule has 5 rings (SSSR count). The van der Waals surface area contributed by atoms with Gasteiger partial charge in [-0.15, -0.1) is 0 Å². The zero-order chi connectivity index (χ0) is 24.3. The van der Waals surface area contributed by atoms with E-state index in [2.05, 4.69) is 18.8 Å². The summed E-state index contributed by atoms with van der Waals surface area (Å²) in [6.45, 7) is 5.37. The highest BCUT2D eigenvalue weighted by molar-refractivity contribution is 5.94. The molecule has 3 unspecified atom stereocenters. The first-order valence-electron chi connectivity index (χ1n) is 12.4. The van der Waals surface area contributed by atoms with Gasteiger partial charge < -0.3 is 0 Å². The van der Waals surface area contributed by atoms with E-state index in [0.29, 0.717) is 24.8 Å². The number of rotatable bonds is 3. The van der Waals surface area contributed by atoms with Crippen LogP contribution >= 0.6 is 0 Å². The van der Waals surface area contributed by atoms with Crippen molar-refractivity contribution in [3.8, 4) is 11.8 Å². The summed E-state index contributed by atoms with van der Waals surface area (Å²) in [6, 6.07) is 7.79. The predicted molar refractivity (Wildman–Crippen MR) is 130 cm³/mol. The summed E-state index contributed by atoms with van der Waals surface area (Å²) < 4.78 is 0. The number of allylic oxidation sites excluding steroid dienone is 4. The van der Waals surface area contributed by atoms with E-state index >= 15 is 0 Å². The van der Waals surface area contributed by atoms with Gasteiger partial charge in [0.2, 0.25) is 0 Å². The second-order valence-electron chi connectivity index (χ2n) is 10.7. The van der Waals surface area contributed by atoms with Crippen LogP contribution in [0.5, 0.6) is 0 Å². The van der Waals surface area contributed by atoms with Crippen LogP contribution in [-0.4, -0.2) is 22.0 Å². The number of carbonyl (C=O) groups excluding carboxylic acids is 2. The number of hydrogen-bond acceptors (Lipinski definition) is 4. The number of carbonyl (C=O) groups is 2. The molecule has 2 fully saturated rings. The average molecular weight is 458 g/mol. The smallest absolute Gasteiger partial charge is 0.286 e. The summed E-state index contributed by atoms with van der Waals surface area (Å²) in [5, 5.41) is 12.6. The summed E-state index contributed by atoms with van der Waals surface area (Å²) >= 11 is 0. The van der Waals surface area contributed by atoms with Gasteiger partial charge in [0.25, 0.3) is 5.54 Å². The van der Waals surface area contributed by atoms with Crippen LogP contribution in [0.15, 0.2) is 47.1 Å². The number of nitrogens with zero attached hydrogens (tertiary/aromatic N) is 1. The topological polar surface area (TPSA) is 77.3 Å². The lowest BCUT2D eigenvalue weighted by Crippen LogP contribution is -2.54. The Labute approximate surface area is 200 Å². The Hall–Kier alpha value is -3.00. The lowest BCUT2D eigenvalue weighted by Gasteiger charge is -2.52. The van der Waals surface area contributed by atoms with Crippen molar-refractivity contribution < 1.29 is 14.5 Å². The fraction of sp³-hybridized carbons (Fsp3) is 0.517. The van der Waals surface area contributed by atoms with Crippen LogP contribution in [0.4, 0.5) is 0 Å². The molecule has 0 saturated heterocycles. The van der Waals surface area contributed by atoms with Gasteiger partial charge in [-0.25, -0.2) is 0 Å². The molecule has 1 aromatic rings. The number of Topliss-reactive ketones (excluding diaryl/α,β-unsaturated/α-hetero) is 1.